The van der Waals surface area contributed by atoms with Gasteiger partial charge < -0.3 is 11.1 Å². The van der Waals surface area contributed by atoms with E-state index in [9.17, 15) is 9.18 Å². The van der Waals surface area contributed by atoms with Crippen molar-refractivity contribution in [2.75, 3.05) is 25.4 Å². The van der Waals surface area contributed by atoms with E-state index in [0.717, 1.165) is 11.1 Å². The highest BCUT2D eigenvalue weighted by Gasteiger charge is 2.58. The Morgan fingerprint density at radius 3 is 2.36 bits per heavy atom. The molecule has 1 saturated heterocycles. The van der Waals surface area contributed by atoms with Crippen molar-refractivity contribution < 1.29 is 18.0 Å². The van der Waals surface area contributed by atoms with Gasteiger partial charge in [0.15, 0.2) is 0 Å². The zero-order valence-electron chi connectivity index (χ0n) is 20.5. The van der Waals surface area contributed by atoms with Crippen LogP contribution < -0.4 is 11.1 Å². The average molecular weight is 495 g/mol. The number of nitrogens with one attached hydrogen (secondary N) is 1. The Labute approximate surface area is 208 Å². The second kappa shape index (κ2) is 8.62. The van der Waals surface area contributed by atoms with Crippen molar-refractivity contribution in [3.8, 4) is 22.3 Å². The summed E-state index contributed by atoms with van der Waals surface area (Å²) in [5.41, 5.74) is 8.79. The number of hydrogen-bond donors (Lipinski definition) is 2. The van der Waals surface area contributed by atoms with Crippen molar-refractivity contribution in [1.82, 2.24) is 15.2 Å². The first kappa shape index (κ1) is 24.3. The van der Waals surface area contributed by atoms with Gasteiger partial charge in [0.25, 0.3) is 11.8 Å². The minimum Gasteiger partial charge on any atom is -0.383 e. The van der Waals surface area contributed by atoms with Gasteiger partial charge in [-0.15, -0.1) is 0 Å². The van der Waals surface area contributed by atoms with Gasteiger partial charge in [0, 0.05) is 35.8 Å². The van der Waals surface area contributed by atoms with Crippen LogP contribution in [0, 0.1) is 5.95 Å². The molecule has 36 heavy (non-hydrogen) atoms. The molecule has 2 aliphatic rings. The molecule has 1 aromatic heterocycles. The number of aromatic nitrogens is 1. The number of halogens is 3. The lowest BCUT2D eigenvalue weighted by atomic mass is 9.78. The third-order valence-electron chi connectivity index (χ3n) is 7.64. The molecular formula is C28H29F3N4O. The molecule has 0 bridgehead atoms. The summed E-state index contributed by atoms with van der Waals surface area (Å²) in [7, 11) is 0. The van der Waals surface area contributed by atoms with E-state index in [1.165, 1.54) is 0 Å². The molecule has 0 saturated carbocycles. The third kappa shape index (κ3) is 3.93. The Morgan fingerprint density at radius 2 is 1.69 bits per heavy atom. The number of benzene rings is 2. The molecule has 2 aromatic carbocycles. The van der Waals surface area contributed by atoms with Crippen molar-refractivity contribution in [2.45, 2.75) is 44.6 Å². The first-order chi connectivity index (χ1) is 17.0. The summed E-state index contributed by atoms with van der Waals surface area (Å²) in [6, 6.07) is 13.7. The van der Waals surface area contributed by atoms with Crippen LogP contribution in [-0.2, 0) is 11.8 Å². The summed E-state index contributed by atoms with van der Waals surface area (Å²) in [6.45, 7) is 5.93. The Morgan fingerprint density at radius 1 is 1.00 bits per heavy atom. The van der Waals surface area contributed by atoms with Crippen LogP contribution in [0.2, 0.25) is 0 Å². The number of nitrogens with zero attached hydrogens (tertiary/aromatic N) is 2. The molecule has 3 aromatic rings. The Kier molecular flexibility index (Phi) is 5.82. The maximum Gasteiger partial charge on any atom is 0.270 e. The summed E-state index contributed by atoms with van der Waals surface area (Å²) in [5, 5.41) is 2.81. The van der Waals surface area contributed by atoms with Gasteiger partial charge in [0.1, 0.15) is 5.82 Å². The van der Waals surface area contributed by atoms with Crippen LogP contribution in [0.25, 0.3) is 22.3 Å². The SMILES string of the molecule is CC(C)N1CC(F)(F)C(C)(c2ccc(-c3cc(-c4ccc5c(c4)CCNC5=O)c(N)nc3F)cc2)C1. The number of carbonyl (C=O) groups is 1. The number of fused-ring (bicyclic) bond motifs is 1. The van der Waals surface area contributed by atoms with E-state index in [1.54, 1.807) is 54.3 Å². The van der Waals surface area contributed by atoms with Crippen molar-refractivity contribution in [1.29, 1.82) is 0 Å². The molecule has 0 radical (unpaired) electrons. The number of alkyl halides is 2. The lowest BCUT2D eigenvalue weighted by Gasteiger charge is -2.31. The van der Waals surface area contributed by atoms with Crippen LogP contribution in [0.1, 0.15) is 42.3 Å². The first-order valence-electron chi connectivity index (χ1n) is 12.1. The molecule has 5 rings (SSSR count). The summed E-state index contributed by atoms with van der Waals surface area (Å²) < 4.78 is 45.0. The van der Waals surface area contributed by atoms with Crippen molar-refractivity contribution >= 4 is 11.7 Å². The molecule has 0 aliphatic carbocycles. The largest absolute Gasteiger partial charge is 0.383 e. The van der Waals surface area contributed by atoms with E-state index in [4.69, 9.17) is 5.73 Å². The smallest absolute Gasteiger partial charge is 0.270 e. The zero-order chi connectivity index (χ0) is 25.8. The number of pyridine rings is 1. The molecule has 3 heterocycles. The lowest BCUT2D eigenvalue weighted by molar-refractivity contribution is -0.0399. The fourth-order valence-corrected chi connectivity index (χ4v) is 5.23. The fourth-order valence-electron chi connectivity index (χ4n) is 5.23. The van der Waals surface area contributed by atoms with Gasteiger partial charge in [0.05, 0.1) is 12.0 Å². The van der Waals surface area contributed by atoms with Crippen molar-refractivity contribution in [3.63, 3.8) is 0 Å². The van der Waals surface area contributed by atoms with Gasteiger partial charge >= 0.3 is 0 Å². The van der Waals surface area contributed by atoms with Gasteiger partial charge in [-0.25, -0.2) is 13.8 Å². The summed E-state index contributed by atoms with van der Waals surface area (Å²) >= 11 is 0. The van der Waals surface area contributed by atoms with Gasteiger partial charge in [-0.3, -0.25) is 9.69 Å². The highest BCUT2D eigenvalue weighted by Crippen LogP contribution is 2.46. The number of rotatable bonds is 4. The minimum atomic E-state index is -2.89. The molecular weight excluding hydrogens is 465 g/mol. The number of nitrogens with two attached hydrogens (primary N) is 1. The molecule has 1 fully saturated rings. The predicted molar refractivity (Wildman–Crippen MR) is 135 cm³/mol. The number of anilines is 1. The van der Waals surface area contributed by atoms with Gasteiger partial charge in [-0.1, -0.05) is 36.4 Å². The van der Waals surface area contributed by atoms with Crippen LogP contribution in [0.4, 0.5) is 19.0 Å². The van der Waals surface area contributed by atoms with Crippen LogP contribution in [0.3, 0.4) is 0 Å². The molecule has 188 valence electrons. The van der Waals surface area contributed by atoms with E-state index in [-0.39, 0.29) is 36.4 Å². The molecule has 8 heteroatoms. The zero-order valence-corrected chi connectivity index (χ0v) is 20.5. The summed E-state index contributed by atoms with van der Waals surface area (Å²) in [6.07, 6.45) is 0.690. The van der Waals surface area contributed by atoms with E-state index in [1.807, 2.05) is 19.9 Å². The normalized spacial score (nSPS) is 21.5. The molecule has 1 amide bonds. The predicted octanol–water partition coefficient (Wildman–Crippen LogP) is 5.04. The van der Waals surface area contributed by atoms with Gasteiger partial charge in [-0.2, -0.15) is 4.39 Å². The number of nitrogen functional groups attached to an aromatic ring is 1. The van der Waals surface area contributed by atoms with E-state index in [0.29, 0.717) is 35.2 Å². The van der Waals surface area contributed by atoms with Gasteiger partial charge in [0.2, 0.25) is 5.95 Å². The standard InChI is InChI=1S/C28H29F3N4O/c1-16(2)35-14-27(3,28(30,31)15-35)20-7-4-17(5-8-20)22-13-23(25(32)34-24(22)29)18-6-9-21-19(12-18)10-11-33-26(21)36/h4-9,12-13,16H,10-11,14-15H2,1-3H3,(H2,32,34)(H,33,36). The monoisotopic (exact) mass is 494 g/mol. The average Bonchev–Trinajstić information content (AvgIpc) is 3.09. The molecule has 5 nitrogen and oxygen atoms in total. The van der Waals surface area contributed by atoms with Crippen molar-refractivity contribution in [3.05, 3.63) is 71.2 Å². The fraction of sp³-hybridized carbons (Fsp3) is 0.357. The van der Waals surface area contributed by atoms with E-state index < -0.39 is 17.3 Å². The summed E-state index contributed by atoms with van der Waals surface area (Å²) in [5.74, 6) is -3.69. The number of carbonyl (C=O) groups excluding carboxylic acids is 1. The minimum absolute atomic E-state index is 0.0170. The Bertz CT molecular complexity index is 1340. The Balaban J connectivity index is 1.50. The van der Waals surface area contributed by atoms with Crippen LogP contribution in [0.15, 0.2) is 48.5 Å². The molecule has 2 aliphatic heterocycles. The summed E-state index contributed by atoms with van der Waals surface area (Å²) in [4.78, 5) is 17.8. The third-order valence-corrected chi connectivity index (χ3v) is 7.64. The van der Waals surface area contributed by atoms with E-state index in [2.05, 4.69) is 10.3 Å². The molecule has 1 atom stereocenters. The molecule has 1 unspecified atom stereocenters. The Hall–Kier alpha value is -3.39. The van der Waals surface area contributed by atoms with Crippen molar-refractivity contribution in [2.24, 2.45) is 0 Å². The molecule has 0 spiro atoms. The first-order valence-corrected chi connectivity index (χ1v) is 12.1. The van der Waals surface area contributed by atoms with E-state index >= 15 is 8.78 Å². The number of amides is 1. The second-order valence-electron chi connectivity index (χ2n) is 10.3. The quantitative estimate of drug-likeness (QED) is 0.499. The van der Waals surface area contributed by atoms with Crippen LogP contribution in [0.5, 0.6) is 0 Å². The maximum absolute atomic E-state index is 15.1. The molecule has 3 N–H and O–H groups in total. The lowest BCUT2D eigenvalue weighted by Crippen LogP contribution is -2.41. The topological polar surface area (TPSA) is 71.2 Å². The number of hydrogen-bond acceptors (Lipinski definition) is 4. The maximum atomic E-state index is 15.1. The second-order valence-corrected chi connectivity index (χ2v) is 10.3. The van der Waals surface area contributed by atoms with Gasteiger partial charge in [-0.05, 0) is 61.6 Å². The van der Waals surface area contributed by atoms with Crippen LogP contribution >= 0.6 is 0 Å². The highest BCUT2D eigenvalue weighted by atomic mass is 19.3. The van der Waals surface area contributed by atoms with Crippen LogP contribution in [-0.4, -0.2) is 47.4 Å². The highest BCUT2D eigenvalue weighted by molar-refractivity contribution is 5.97. The number of likely N-dealkylation sites (tertiary alicyclic amines) is 1.